The molecule has 0 fully saturated rings. The molecule has 1 aliphatic rings. The minimum atomic E-state index is -0.577. The molecule has 0 aliphatic carbocycles. The Morgan fingerprint density at radius 2 is 2.08 bits per heavy atom. The van der Waals surface area contributed by atoms with Crippen molar-refractivity contribution in [2.24, 2.45) is 7.05 Å². The number of aromatic nitrogens is 3. The second-order valence-electron chi connectivity index (χ2n) is 5.78. The first-order valence-corrected chi connectivity index (χ1v) is 8.90. The van der Waals surface area contributed by atoms with E-state index in [0.717, 1.165) is 11.1 Å². The fourth-order valence-electron chi connectivity index (χ4n) is 2.64. The van der Waals surface area contributed by atoms with Crippen LogP contribution < -0.4 is 10.6 Å². The van der Waals surface area contributed by atoms with E-state index >= 15 is 0 Å². The summed E-state index contributed by atoms with van der Waals surface area (Å²) in [7, 11) is 3.10. The first-order chi connectivity index (χ1) is 12.5. The molecule has 2 N–H and O–H groups in total. The summed E-state index contributed by atoms with van der Waals surface area (Å²) in [4.78, 5) is 28.8. The monoisotopic (exact) mass is 373 g/mol. The Kier molecular flexibility index (Phi) is 5.27. The first kappa shape index (κ1) is 18.0. The Morgan fingerprint density at radius 3 is 2.69 bits per heavy atom. The van der Waals surface area contributed by atoms with Gasteiger partial charge in [-0.1, -0.05) is 41.6 Å². The average Bonchev–Trinajstić information content (AvgIpc) is 3.04. The van der Waals surface area contributed by atoms with Gasteiger partial charge in [0, 0.05) is 18.5 Å². The van der Waals surface area contributed by atoms with Gasteiger partial charge in [0.2, 0.25) is 0 Å². The number of carbonyl (C=O) groups is 2. The van der Waals surface area contributed by atoms with E-state index in [1.165, 1.54) is 25.2 Å². The van der Waals surface area contributed by atoms with Crippen LogP contribution in [-0.4, -0.2) is 39.6 Å². The predicted molar refractivity (Wildman–Crippen MR) is 96.4 cm³/mol. The molecule has 1 aliphatic heterocycles. The van der Waals surface area contributed by atoms with Crippen LogP contribution in [0.4, 0.5) is 4.79 Å². The molecule has 3 rings (SSSR count). The molecule has 1 aromatic heterocycles. The number of carbonyl (C=O) groups excluding carboxylic acids is 2. The van der Waals surface area contributed by atoms with Gasteiger partial charge in [-0.2, -0.15) is 5.10 Å². The number of benzene rings is 1. The number of hydrogen-bond donors (Lipinski definition) is 2. The van der Waals surface area contributed by atoms with Crippen LogP contribution in [0.3, 0.4) is 0 Å². The lowest BCUT2D eigenvalue weighted by Gasteiger charge is -2.29. The Bertz CT molecular complexity index is 860. The van der Waals surface area contributed by atoms with Crippen molar-refractivity contribution < 1.29 is 14.3 Å². The maximum atomic E-state index is 12.4. The van der Waals surface area contributed by atoms with Crippen molar-refractivity contribution >= 4 is 23.8 Å². The normalized spacial score (nSPS) is 16.9. The molecule has 0 spiro atoms. The van der Waals surface area contributed by atoms with Crippen molar-refractivity contribution in [2.45, 2.75) is 18.1 Å². The van der Waals surface area contributed by atoms with Crippen molar-refractivity contribution in [3.63, 3.8) is 0 Å². The second-order valence-corrected chi connectivity index (χ2v) is 6.72. The average molecular weight is 373 g/mol. The van der Waals surface area contributed by atoms with E-state index in [1.807, 2.05) is 31.2 Å². The van der Waals surface area contributed by atoms with Crippen LogP contribution in [0.25, 0.3) is 0 Å². The molecule has 9 heteroatoms. The molecule has 0 saturated carbocycles. The highest BCUT2D eigenvalue weighted by atomic mass is 32.2. The molecular formula is C17H19N5O3S. The maximum Gasteiger partial charge on any atom is 0.338 e. The molecule has 0 radical (unpaired) electrons. The van der Waals surface area contributed by atoms with Crippen LogP contribution in [0.5, 0.6) is 0 Å². The zero-order chi connectivity index (χ0) is 18.7. The lowest BCUT2D eigenvalue weighted by Crippen LogP contribution is -2.46. The molecule has 136 valence electrons. The van der Waals surface area contributed by atoms with Crippen LogP contribution in [0.15, 0.2) is 47.0 Å². The third-order valence-electron chi connectivity index (χ3n) is 3.99. The molecule has 8 nitrogen and oxygen atoms in total. The van der Waals surface area contributed by atoms with Gasteiger partial charge in [-0.15, -0.1) is 0 Å². The fourth-order valence-corrected chi connectivity index (χ4v) is 3.50. The van der Waals surface area contributed by atoms with Gasteiger partial charge in [0.05, 0.1) is 18.7 Å². The highest BCUT2D eigenvalue weighted by Gasteiger charge is 2.33. The molecular weight excluding hydrogens is 354 g/mol. The van der Waals surface area contributed by atoms with E-state index < -0.39 is 12.0 Å². The Labute approximate surface area is 155 Å². The van der Waals surface area contributed by atoms with Crippen molar-refractivity contribution in [3.8, 4) is 0 Å². The SMILES string of the molecule is COC(=O)C1=C(CSc2ncnn2C)NC(=O)N[C@@H]1c1ccc(C)cc1. The summed E-state index contributed by atoms with van der Waals surface area (Å²) in [6.07, 6.45) is 1.45. The third kappa shape index (κ3) is 3.72. The molecule has 1 atom stereocenters. The van der Waals surface area contributed by atoms with Crippen LogP contribution in [0.1, 0.15) is 17.2 Å². The number of nitrogens with zero attached hydrogens (tertiary/aromatic N) is 3. The summed E-state index contributed by atoms with van der Waals surface area (Å²) < 4.78 is 6.59. The van der Waals surface area contributed by atoms with Crippen LogP contribution in [-0.2, 0) is 16.6 Å². The summed E-state index contributed by atoms with van der Waals surface area (Å²) >= 11 is 1.37. The van der Waals surface area contributed by atoms with E-state index in [1.54, 1.807) is 11.7 Å². The summed E-state index contributed by atoms with van der Waals surface area (Å²) in [5.41, 5.74) is 2.78. The number of ether oxygens (including phenoxy) is 1. The summed E-state index contributed by atoms with van der Waals surface area (Å²) in [5, 5.41) is 10.2. The molecule has 0 unspecified atom stereocenters. The van der Waals surface area contributed by atoms with Crippen molar-refractivity contribution in [2.75, 3.05) is 12.9 Å². The number of esters is 1. The van der Waals surface area contributed by atoms with Crippen molar-refractivity contribution in [1.82, 2.24) is 25.4 Å². The molecule has 0 bridgehead atoms. The zero-order valence-corrected chi connectivity index (χ0v) is 15.5. The Morgan fingerprint density at radius 1 is 1.35 bits per heavy atom. The number of methoxy groups -OCH3 is 1. The Hall–Kier alpha value is -2.81. The van der Waals surface area contributed by atoms with Gasteiger partial charge >= 0.3 is 12.0 Å². The van der Waals surface area contributed by atoms with Crippen LogP contribution in [0.2, 0.25) is 0 Å². The standard InChI is InChI=1S/C17H19N5O3S/c1-10-4-6-11(7-5-10)14-13(15(23)25-3)12(20-16(24)21-14)8-26-17-18-9-19-22(17)2/h4-7,9,14H,8H2,1-3H3,(H2,20,21,24)/t14-/m1/s1. The van der Waals surface area contributed by atoms with Gasteiger partial charge in [-0.3, -0.25) is 0 Å². The molecule has 2 amide bonds. The smallest absolute Gasteiger partial charge is 0.338 e. The maximum absolute atomic E-state index is 12.4. The predicted octanol–water partition coefficient (Wildman–Crippen LogP) is 1.70. The number of rotatable bonds is 5. The minimum Gasteiger partial charge on any atom is -0.466 e. The van der Waals surface area contributed by atoms with Crippen molar-refractivity contribution in [3.05, 3.63) is 53.0 Å². The number of urea groups is 1. The zero-order valence-electron chi connectivity index (χ0n) is 14.6. The van der Waals surface area contributed by atoms with Gasteiger partial charge < -0.3 is 15.4 Å². The molecule has 0 saturated heterocycles. The summed E-state index contributed by atoms with van der Waals surface area (Å²) in [5.74, 6) is -0.135. The number of aryl methyl sites for hydroxylation is 2. The lowest BCUT2D eigenvalue weighted by atomic mass is 9.95. The summed E-state index contributed by atoms with van der Waals surface area (Å²) in [6, 6.07) is 6.71. The van der Waals surface area contributed by atoms with E-state index in [4.69, 9.17) is 4.74 Å². The summed E-state index contributed by atoms with van der Waals surface area (Å²) in [6.45, 7) is 1.98. The largest absolute Gasteiger partial charge is 0.466 e. The molecule has 2 heterocycles. The topological polar surface area (TPSA) is 98.1 Å². The van der Waals surface area contributed by atoms with Gasteiger partial charge in [0.15, 0.2) is 5.16 Å². The highest BCUT2D eigenvalue weighted by molar-refractivity contribution is 7.99. The fraction of sp³-hybridized carbons (Fsp3) is 0.294. The van der Waals surface area contributed by atoms with Crippen LogP contribution in [0, 0.1) is 6.92 Å². The quantitative estimate of drug-likeness (QED) is 0.611. The molecule has 1 aromatic carbocycles. The molecule has 26 heavy (non-hydrogen) atoms. The number of thioether (sulfide) groups is 1. The van der Waals surface area contributed by atoms with Gasteiger partial charge in [0.25, 0.3) is 0 Å². The van der Waals surface area contributed by atoms with E-state index in [0.29, 0.717) is 22.2 Å². The Balaban J connectivity index is 1.97. The van der Waals surface area contributed by atoms with E-state index in [2.05, 4.69) is 20.7 Å². The van der Waals surface area contributed by atoms with Crippen molar-refractivity contribution in [1.29, 1.82) is 0 Å². The second kappa shape index (κ2) is 7.61. The highest BCUT2D eigenvalue weighted by Crippen LogP contribution is 2.30. The number of amides is 2. The lowest BCUT2D eigenvalue weighted by molar-refractivity contribution is -0.136. The van der Waals surface area contributed by atoms with Crippen LogP contribution >= 0.6 is 11.8 Å². The van der Waals surface area contributed by atoms with Gasteiger partial charge in [0.1, 0.15) is 6.33 Å². The third-order valence-corrected chi connectivity index (χ3v) is 5.05. The minimum absolute atomic E-state index is 0.354. The number of nitrogens with one attached hydrogen (secondary N) is 2. The van der Waals surface area contributed by atoms with Gasteiger partial charge in [-0.25, -0.2) is 19.3 Å². The van der Waals surface area contributed by atoms with E-state index in [-0.39, 0.29) is 6.03 Å². The molecule has 2 aromatic rings. The number of hydrogen-bond acceptors (Lipinski definition) is 6. The van der Waals surface area contributed by atoms with Gasteiger partial charge in [-0.05, 0) is 12.5 Å². The first-order valence-electron chi connectivity index (χ1n) is 7.92. The van der Waals surface area contributed by atoms with E-state index in [9.17, 15) is 9.59 Å².